The van der Waals surface area contributed by atoms with Crippen molar-refractivity contribution in [2.24, 2.45) is 11.8 Å². The van der Waals surface area contributed by atoms with E-state index in [2.05, 4.69) is 21.3 Å². The molecule has 4 fully saturated rings. The molecule has 0 aromatic carbocycles. The van der Waals surface area contributed by atoms with Crippen molar-refractivity contribution in [2.75, 3.05) is 65.6 Å². The van der Waals surface area contributed by atoms with Crippen LogP contribution < -0.4 is 21.3 Å². The van der Waals surface area contributed by atoms with Gasteiger partial charge in [-0.15, -0.1) is 0 Å². The predicted octanol–water partition coefficient (Wildman–Crippen LogP) is -1.08. The Hall–Kier alpha value is -0.240. The fourth-order valence-electron chi connectivity index (χ4n) is 5.06. The third-order valence-corrected chi connectivity index (χ3v) is 6.17. The van der Waals surface area contributed by atoms with E-state index in [0.29, 0.717) is 11.8 Å². The SMILES string of the molecule is C1CC2(CNCCO2)C(C2CCNCC23CNCCO3)CN1. The highest BCUT2D eigenvalue weighted by molar-refractivity contribution is 5.08. The second-order valence-electron chi connectivity index (χ2n) is 7.31. The van der Waals surface area contributed by atoms with E-state index in [4.69, 9.17) is 9.47 Å². The second-order valence-corrected chi connectivity index (χ2v) is 7.31. The van der Waals surface area contributed by atoms with E-state index >= 15 is 0 Å². The lowest BCUT2D eigenvalue weighted by Crippen LogP contribution is -2.70. The predicted molar refractivity (Wildman–Crippen MR) is 85.1 cm³/mol. The Balaban J connectivity index is 1.61. The zero-order valence-corrected chi connectivity index (χ0v) is 13.5. The van der Waals surface area contributed by atoms with Crippen LogP contribution in [0.4, 0.5) is 0 Å². The molecule has 0 aromatic heterocycles. The average molecular weight is 310 g/mol. The van der Waals surface area contributed by atoms with Crippen LogP contribution in [-0.4, -0.2) is 76.8 Å². The van der Waals surface area contributed by atoms with Crippen molar-refractivity contribution < 1.29 is 9.47 Å². The van der Waals surface area contributed by atoms with Gasteiger partial charge in [-0.3, -0.25) is 0 Å². The maximum atomic E-state index is 6.41. The molecule has 4 aliphatic heterocycles. The molecule has 0 aromatic rings. The molecule has 4 unspecified atom stereocenters. The smallest absolute Gasteiger partial charge is 0.0962 e. The van der Waals surface area contributed by atoms with E-state index in [1.807, 2.05) is 0 Å². The molecular weight excluding hydrogens is 280 g/mol. The van der Waals surface area contributed by atoms with Gasteiger partial charge >= 0.3 is 0 Å². The average Bonchev–Trinajstić information content (AvgIpc) is 2.58. The summed E-state index contributed by atoms with van der Waals surface area (Å²) < 4.78 is 12.8. The van der Waals surface area contributed by atoms with Crippen LogP contribution >= 0.6 is 0 Å². The van der Waals surface area contributed by atoms with Crippen LogP contribution in [0.15, 0.2) is 0 Å². The van der Waals surface area contributed by atoms with Gasteiger partial charge in [-0.2, -0.15) is 0 Å². The van der Waals surface area contributed by atoms with Gasteiger partial charge in [0.15, 0.2) is 0 Å². The van der Waals surface area contributed by atoms with Crippen molar-refractivity contribution in [2.45, 2.75) is 24.0 Å². The maximum Gasteiger partial charge on any atom is 0.0962 e. The Morgan fingerprint density at radius 1 is 0.682 bits per heavy atom. The first-order valence-corrected chi connectivity index (χ1v) is 8.96. The lowest BCUT2D eigenvalue weighted by molar-refractivity contribution is -0.188. The number of rotatable bonds is 1. The van der Waals surface area contributed by atoms with E-state index < -0.39 is 0 Å². The summed E-state index contributed by atoms with van der Waals surface area (Å²) in [5.74, 6) is 1.07. The Morgan fingerprint density at radius 2 is 1.36 bits per heavy atom. The maximum absolute atomic E-state index is 6.41. The van der Waals surface area contributed by atoms with Gasteiger partial charge in [0.25, 0.3) is 0 Å². The third-order valence-electron chi connectivity index (χ3n) is 6.17. The summed E-state index contributed by atoms with van der Waals surface area (Å²) in [5.41, 5.74) is -0.0622. The van der Waals surface area contributed by atoms with Gasteiger partial charge in [0.2, 0.25) is 0 Å². The van der Waals surface area contributed by atoms with Gasteiger partial charge in [0.1, 0.15) is 0 Å². The summed E-state index contributed by atoms with van der Waals surface area (Å²) in [6.07, 6.45) is 2.29. The van der Waals surface area contributed by atoms with Crippen molar-refractivity contribution in [3.05, 3.63) is 0 Å². The summed E-state index contributed by atoms with van der Waals surface area (Å²) in [4.78, 5) is 0. The molecule has 0 amide bonds. The van der Waals surface area contributed by atoms with Crippen molar-refractivity contribution in [3.63, 3.8) is 0 Å². The second kappa shape index (κ2) is 6.34. The monoisotopic (exact) mass is 310 g/mol. The molecule has 0 saturated carbocycles. The van der Waals surface area contributed by atoms with Crippen LogP contribution in [-0.2, 0) is 9.47 Å². The molecule has 4 atom stereocenters. The Labute approximate surface area is 133 Å². The molecule has 4 saturated heterocycles. The number of hydrogen-bond acceptors (Lipinski definition) is 6. The molecule has 6 nitrogen and oxygen atoms in total. The zero-order valence-electron chi connectivity index (χ0n) is 13.5. The first-order valence-electron chi connectivity index (χ1n) is 8.96. The number of ether oxygens (including phenoxy) is 2. The first-order chi connectivity index (χ1) is 10.8. The van der Waals surface area contributed by atoms with Gasteiger partial charge in [0, 0.05) is 45.2 Å². The fourth-order valence-corrected chi connectivity index (χ4v) is 5.06. The van der Waals surface area contributed by atoms with Gasteiger partial charge < -0.3 is 30.7 Å². The van der Waals surface area contributed by atoms with Crippen LogP contribution in [0, 0.1) is 11.8 Å². The normalized spacial score (nSPS) is 46.9. The van der Waals surface area contributed by atoms with Gasteiger partial charge in [0.05, 0.1) is 24.4 Å². The summed E-state index contributed by atoms with van der Waals surface area (Å²) in [6.45, 7) is 9.75. The highest BCUT2D eigenvalue weighted by Gasteiger charge is 2.54. The number of nitrogens with one attached hydrogen (secondary N) is 4. The van der Waals surface area contributed by atoms with E-state index in [1.54, 1.807) is 0 Å². The molecule has 126 valence electrons. The molecule has 0 radical (unpaired) electrons. The van der Waals surface area contributed by atoms with Gasteiger partial charge in [-0.1, -0.05) is 0 Å². The number of hydrogen-bond donors (Lipinski definition) is 4. The van der Waals surface area contributed by atoms with Crippen molar-refractivity contribution in [3.8, 4) is 0 Å². The Bertz CT molecular complexity index is 328. The lowest BCUT2D eigenvalue weighted by Gasteiger charge is -2.56. The minimum Gasteiger partial charge on any atom is -0.372 e. The summed E-state index contributed by atoms with van der Waals surface area (Å²) in [5, 5.41) is 14.3. The molecular formula is C16H30N4O2. The number of morpholine rings is 2. The van der Waals surface area contributed by atoms with Gasteiger partial charge in [-0.05, 0) is 31.8 Å². The molecule has 4 N–H and O–H groups in total. The van der Waals surface area contributed by atoms with E-state index in [-0.39, 0.29) is 11.2 Å². The first kappa shape index (κ1) is 15.3. The molecule has 22 heavy (non-hydrogen) atoms. The third kappa shape index (κ3) is 2.60. The van der Waals surface area contributed by atoms with Crippen LogP contribution in [0.2, 0.25) is 0 Å². The molecule has 6 heteroatoms. The largest absolute Gasteiger partial charge is 0.372 e. The summed E-state index contributed by atoms with van der Waals surface area (Å²) >= 11 is 0. The molecule has 0 aliphatic carbocycles. The Kier molecular flexibility index (Phi) is 4.41. The number of piperidine rings is 2. The van der Waals surface area contributed by atoms with E-state index in [1.165, 1.54) is 6.42 Å². The van der Waals surface area contributed by atoms with Crippen molar-refractivity contribution in [1.29, 1.82) is 0 Å². The van der Waals surface area contributed by atoms with Crippen LogP contribution in [0.5, 0.6) is 0 Å². The Morgan fingerprint density at radius 3 is 2.05 bits per heavy atom. The highest BCUT2D eigenvalue weighted by atomic mass is 16.5. The molecule has 4 aliphatic rings. The fraction of sp³-hybridized carbons (Fsp3) is 1.00. The van der Waals surface area contributed by atoms with E-state index in [9.17, 15) is 0 Å². The standard InChI is InChI=1S/C16H30N4O2/c1-3-18-11-16(12-20-6-8-22-16)13(1)14-9-17-4-2-15(14)10-19-5-7-21-15/h13-14,17-20H,1-12H2. The highest BCUT2D eigenvalue weighted by Crippen LogP contribution is 2.43. The minimum atomic E-state index is -0.0615. The van der Waals surface area contributed by atoms with Crippen LogP contribution in [0.25, 0.3) is 0 Å². The molecule has 2 spiro atoms. The van der Waals surface area contributed by atoms with Gasteiger partial charge in [-0.25, -0.2) is 0 Å². The molecule has 4 heterocycles. The summed E-state index contributed by atoms with van der Waals surface area (Å²) in [6, 6.07) is 0. The quantitative estimate of drug-likeness (QED) is 0.494. The van der Waals surface area contributed by atoms with Crippen molar-refractivity contribution in [1.82, 2.24) is 21.3 Å². The van der Waals surface area contributed by atoms with Crippen LogP contribution in [0.3, 0.4) is 0 Å². The topological polar surface area (TPSA) is 66.6 Å². The zero-order chi connectivity index (χ0) is 14.9. The van der Waals surface area contributed by atoms with Crippen molar-refractivity contribution >= 4 is 0 Å². The lowest BCUT2D eigenvalue weighted by atomic mass is 9.64. The summed E-state index contributed by atoms with van der Waals surface area (Å²) in [7, 11) is 0. The molecule has 4 rings (SSSR count). The minimum absolute atomic E-state index is 0.000681. The van der Waals surface area contributed by atoms with Crippen LogP contribution in [0.1, 0.15) is 12.8 Å². The molecule has 0 bridgehead atoms. The van der Waals surface area contributed by atoms with E-state index in [0.717, 1.165) is 72.0 Å².